The Kier molecular flexibility index (Phi) is 4.04. The van der Waals surface area contributed by atoms with Gasteiger partial charge in [0.25, 0.3) is 0 Å². The lowest BCUT2D eigenvalue weighted by atomic mass is 10.2. The van der Waals surface area contributed by atoms with Crippen molar-refractivity contribution in [3.05, 3.63) is 35.9 Å². The fourth-order valence-corrected chi connectivity index (χ4v) is 1.86. The van der Waals surface area contributed by atoms with E-state index in [1.165, 1.54) is 6.33 Å². The Morgan fingerprint density at radius 3 is 2.79 bits per heavy atom. The van der Waals surface area contributed by atoms with Crippen LogP contribution in [0.4, 0.5) is 0 Å². The second kappa shape index (κ2) is 5.73. The van der Waals surface area contributed by atoms with Crippen molar-refractivity contribution >= 4 is 0 Å². The lowest BCUT2D eigenvalue weighted by Crippen LogP contribution is -2.12. The number of rotatable bonds is 5. The van der Waals surface area contributed by atoms with Gasteiger partial charge in [-0.05, 0) is 30.5 Å². The molecular formula is C14H19N3O2. The van der Waals surface area contributed by atoms with Gasteiger partial charge in [0, 0.05) is 12.6 Å². The van der Waals surface area contributed by atoms with Gasteiger partial charge in [0.05, 0.1) is 0 Å². The van der Waals surface area contributed by atoms with Crippen LogP contribution in [0.25, 0.3) is 0 Å². The SMILES string of the molecule is Cc1cc(O)cc(OCc2ncnn2CC(C)C)c1. The summed E-state index contributed by atoms with van der Waals surface area (Å²) in [5, 5.41) is 13.7. The Bertz CT molecular complexity index is 529. The number of phenols is 1. The first-order valence-electron chi connectivity index (χ1n) is 6.34. The zero-order valence-electron chi connectivity index (χ0n) is 11.5. The average Bonchev–Trinajstić information content (AvgIpc) is 2.71. The first-order chi connectivity index (χ1) is 9.04. The fourth-order valence-electron chi connectivity index (χ4n) is 1.86. The van der Waals surface area contributed by atoms with Crippen LogP contribution in [0, 0.1) is 12.8 Å². The van der Waals surface area contributed by atoms with Crippen molar-refractivity contribution in [3.8, 4) is 11.5 Å². The Balaban J connectivity index is 2.04. The second-order valence-corrected chi connectivity index (χ2v) is 5.05. The predicted molar refractivity (Wildman–Crippen MR) is 72.0 cm³/mol. The zero-order chi connectivity index (χ0) is 13.8. The van der Waals surface area contributed by atoms with Crippen LogP contribution in [0.15, 0.2) is 24.5 Å². The average molecular weight is 261 g/mol. The van der Waals surface area contributed by atoms with E-state index in [-0.39, 0.29) is 5.75 Å². The summed E-state index contributed by atoms with van der Waals surface area (Å²) >= 11 is 0. The monoisotopic (exact) mass is 261 g/mol. The number of aromatic hydroxyl groups is 1. The molecule has 1 aromatic heterocycles. The summed E-state index contributed by atoms with van der Waals surface area (Å²) in [6.07, 6.45) is 1.54. The molecule has 0 amide bonds. The number of hydrogen-bond donors (Lipinski definition) is 1. The van der Waals surface area contributed by atoms with Crippen molar-refractivity contribution in [2.45, 2.75) is 33.9 Å². The first-order valence-corrected chi connectivity index (χ1v) is 6.34. The molecule has 2 rings (SSSR count). The van der Waals surface area contributed by atoms with Crippen LogP contribution in [0.2, 0.25) is 0 Å². The highest BCUT2D eigenvalue weighted by Gasteiger charge is 2.07. The van der Waals surface area contributed by atoms with Crippen molar-refractivity contribution in [3.63, 3.8) is 0 Å². The van der Waals surface area contributed by atoms with Gasteiger partial charge in [0.15, 0.2) is 5.82 Å². The van der Waals surface area contributed by atoms with E-state index in [9.17, 15) is 5.11 Å². The van der Waals surface area contributed by atoms with E-state index in [0.29, 0.717) is 18.3 Å². The summed E-state index contributed by atoms with van der Waals surface area (Å²) < 4.78 is 7.50. The van der Waals surface area contributed by atoms with Gasteiger partial charge >= 0.3 is 0 Å². The number of nitrogens with zero attached hydrogens (tertiary/aromatic N) is 3. The van der Waals surface area contributed by atoms with Crippen molar-refractivity contribution in [2.24, 2.45) is 5.92 Å². The second-order valence-electron chi connectivity index (χ2n) is 5.05. The molecule has 0 radical (unpaired) electrons. The number of aromatic nitrogens is 3. The lowest BCUT2D eigenvalue weighted by molar-refractivity contribution is 0.281. The van der Waals surface area contributed by atoms with E-state index in [1.807, 2.05) is 17.7 Å². The standard InChI is InChI=1S/C14H19N3O2/c1-10(2)7-17-14(15-9-16-17)8-19-13-5-11(3)4-12(18)6-13/h4-6,9-10,18H,7-8H2,1-3H3. The first kappa shape index (κ1) is 13.4. The molecule has 0 saturated carbocycles. The van der Waals surface area contributed by atoms with Gasteiger partial charge in [-0.25, -0.2) is 9.67 Å². The van der Waals surface area contributed by atoms with Crippen molar-refractivity contribution in [2.75, 3.05) is 0 Å². The third-order valence-corrected chi connectivity index (χ3v) is 2.64. The molecule has 1 N–H and O–H groups in total. The van der Waals surface area contributed by atoms with E-state index in [0.717, 1.165) is 17.9 Å². The Morgan fingerprint density at radius 2 is 2.11 bits per heavy atom. The van der Waals surface area contributed by atoms with Crippen LogP contribution in [0.5, 0.6) is 11.5 Å². The molecule has 1 aromatic carbocycles. The smallest absolute Gasteiger partial charge is 0.164 e. The van der Waals surface area contributed by atoms with E-state index >= 15 is 0 Å². The number of aryl methyl sites for hydroxylation is 1. The van der Waals surface area contributed by atoms with Crippen LogP contribution in [-0.2, 0) is 13.2 Å². The third-order valence-electron chi connectivity index (χ3n) is 2.64. The molecule has 0 fully saturated rings. The van der Waals surface area contributed by atoms with E-state index in [4.69, 9.17) is 4.74 Å². The quantitative estimate of drug-likeness (QED) is 0.898. The van der Waals surface area contributed by atoms with Crippen LogP contribution < -0.4 is 4.74 Å². The largest absolute Gasteiger partial charge is 0.508 e. The molecule has 5 nitrogen and oxygen atoms in total. The molecule has 0 atom stereocenters. The molecule has 0 saturated heterocycles. The van der Waals surface area contributed by atoms with E-state index < -0.39 is 0 Å². The zero-order valence-corrected chi connectivity index (χ0v) is 11.5. The summed E-state index contributed by atoms with van der Waals surface area (Å²) in [7, 11) is 0. The van der Waals surface area contributed by atoms with Gasteiger partial charge < -0.3 is 9.84 Å². The third kappa shape index (κ3) is 3.71. The minimum absolute atomic E-state index is 0.207. The minimum atomic E-state index is 0.207. The number of phenolic OH excluding ortho intramolecular Hbond substituents is 1. The van der Waals surface area contributed by atoms with Gasteiger partial charge in [-0.2, -0.15) is 5.10 Å². The molecule has 0 aliphatic rings. The maximum atomic E-state index is 9.51. The molecule has 19 heavy (non-hydrogen) atoms. The Labute approximate surface area is 112 Å². The maximum absolute atomic E-state index is 9.51. The molecule has 5 heteroatoms. The summed E-state index contributed by atoms with van der Waals surface area (Å²) in [4.78, 5) is 4.19. The fraction of sp³-hybridized carbons (Fsp3) is 0.429. The van der Waals surface area contributed by atoms with Gasteiger partial charge in [0.2, 0.25) is 0 Å². The van der Waals surface area contributed by atoms with Gasteiger partial charge in [-0.15, -0.1) is 0 Å². The highest BCUT2D eigenvalue weighted by molar-refractivity contribution is 5.36. The molecule has 102 valence electrons. The van der Waals surface area contributed by atoms with Crippen LogP contribution in [0.1, 0.15) is 25.2 Å². The van der Waals surface area contributed by atoms with Gasteiger partial charge in [0.1, 0.15) is 24.4 Å². The molecule has 0 spiro atoms. The van der Waals surface area contributed by atoms with Gasteiger partial charge in [-0.1, -0.05) is 13.8 Å². The van der Waals surface area contributed by atoms with Crippen molar-refractivity contribution in [1.29, 1.82) is 0 Å². The van der Waals surface area contributed by atoms with Crippen molar-refractivity contribution < 1.29 is 9.84 Å². The highest BCUT2D eigenvalue weighted by atomic mass is 16.5. The number of hydrogen-bond acceptors (Lipinski definition) is 4. The topological polar surface area (TPSA) is 60.2 Å². The predicted octanol–water partition coefficient (Wildman–Crippen LogP) is 2.53. The van der Waals surface area contributed by atoms with Gasteiger partial charge in [-0.3, -0.25) is 0 Å². The van der Waals surface area contributed by atoms with Crippen molar-refractivity contribution in [1.82, 2.24) is 14.8 Å². The molecule has 0 unspecified atom stereocenters. The van der Waals surface area contributed by atoms with E-state index in [2.05, 4.69) is 23.9 Å². The Hall–Kier alpha value is -2.04. The summed E-state index contributed by atoms with van der Waals surface area (Å²) in [6, 6.07) is 5.16. The summed E-state index contributed by atoms with van der Waals surface area (Å²) in [5.74, 6) is 2.13. The lowest BCUT2D eigenvalue weighted by Gasteiger charge is -2.10. The molecule has 0 aliphatic heterocycles. The molecule has 0 bridgehead atoms. The minimum Gasteiger partial charge on any atom is -0.508 e. The number of ether oxygens (including phenoxy) is 1. The summed E-state index contributed by atoms with van der Waals surface area (Å²) in [5.41, 5.74) is 0.957. The van der Waals surface area contributed by atoms with Crippen LogP contribution in [0.3, 0.4) is 0 Å². The highest BCUT2D eigenvalue weighted by Crippen LogP contribution is 2.21. The van der Waals surface area contributed by atoms with Crippen LogP contribution in [-0.4, -0.2) is 19.9 Å². The normalized spacial score (nSPS) is 10.9. The summed E-state index contributed by atoms with van der Waals surface area (Å²) in [6.45, 7) is 7.33. The number of benzene rings is 1. The van der Waals surface area contributed by atoms with E-state index in [1.54, 1.807) is 12.1 Å². The Morgan fingerprint density at radius 1 is 1.32 bits per heavy atom. The van der Waals surface area contributed by atoms with Crippen LogP contribution >= 0.6 is 0 Å². The molecular weight excluding hydrogens is 242 g/mol. The molecule has 2 aromatic rings. The maximum Gasteiger partial charge on any atom is 0.164 e. The molecule has 1 heterocycles. The molecule has 0 aliphatic carbocycles.